The van der Waals surface area contributed by atoms with Crippen molar-refractivity contribution >= 4 is 23.2 Å². The van der Waals surface area contributed by atoms with Crippen LogP contribution in [0.5, 0.6) is 0 Å². The minimum Gasteiger partial charge on any atom is -0.366 e. The fraction of sp³-hybridized carbons (Fsp3) is 0.118. The van der Waals surface area contributed by atoms with E-state index in [2.05, 4.69) is 10.3 Å². The van der Waals surface area contributed by atoms with Crippen LogP contribution in [0.3, 0.4) is 0 Å². The van der Waals surface area contributed by atoms with Gasteiger partial charge in [0.15, 0.2) is 0 Å². The monoisotopic (exact) mass is 340 g/mol. The Morgan fingerprint density at radius 2 is 2.17 bits per heavy atom. The lowest BCUT2D eigenvalue weighted by molar-refractivity contribution is 0.0944. The molecule has 122 valence electrons. The Balaban J connectivity index is 1.74. The predicted octanol–water partition coefficient (Wildman–Crippen LogP) is 2.52. The van der Waals surface area contributed by atoms with E-state index >= 15 is 0 Å². The van der Waals surface area contributed by atoms with Gasteiger partial charge in [-0.15, -0.1) is 11.3 Å². The van der Waals surface area contributed by atoms with Crippen LogP contribution in [0.2, 0.25) is 0 Å². The number of primary amides is 1. The number of nitrogens with zero attached hydrogens (tertiary/aromatic N) is 2. The van der Waals surface area contributed by atoms with E-state index in [0.717, 1.165) is 11.3 Å². The molecule has 3 aromatic rings. The SMILES string of the molecule is C[C@H](NC(=O)c1cc(C(N)=O)cs1)c1cccc(-n2ccnc2)c1. The van der Waals surface area contributed by atoms with E-state index in [-0.39, 0.29) is 11.9 Å². The third-order valence-corrected chi connectivity index (χ3v) is 4.56. The van der Waals surface area contributed by atoms with Crippen molar-refractivity contribution in [2.24, 2.45) is 5.73 Å². The van der Waals surface area contributed by atoms with Crippen LogP contribution < -0.4 is 11.1 Å². The lowest BCUT2D eigenvalue weighted by Gasteiger charge is -2.15. The van der Waals surface area contributed by atoms with Gasteiger partial charge in [0.25, 0.3) is 5.91 Å². The van der Waals surface area contributed by atoms with Crippen molar-refractivity contribution in [1.82, 2.24) is 14.9 Å². The molecule has 6 nitrogen and oxygen atoms in total. The van der Waals surface area contributed by atoms with E-state index in [1.54, 1.807) is 17.9 Å². The molecule has 0 spiro atoms. The van der Waals surface area contributed by atoms with Crippen molar-refractivity contribution in [1.29, 1.82) is 0 Å². The van der Waals surface area contributed by atoms with Crippen molar-refractivity contribution < 1.29 is 9.59 Å². The predicted molar refractivity (Wildman–Crippen MR) is 92.3 cm³/mol. The zero-order chi connectivity index (χ0) is 17.1. The largest absolute Gasteiger partial charge is 0.366 e. The second-order valence-electron chi connectivity index (χ2n) is 5.32. The van der Waals surface area contributed by atoms with Crippen LogP contribution in [-0.4, -0.2) is 21.4 Å². The number of imidazole rings is 1. The van der Waals surface area contributed by atoms with Gasteiger partial charge in [-0.2, -0.15) is 0 Å². The molecule has 0 bridgehead atoms. The van der Waals surface area contributed by atoms with Gasteiger partial charge in [-0.05, 0) is 30.7 Å². The van der Waals surface area contributed by atoms with Crippen LogP contribution in [0.1, 0.15) is 38.6 Å². The summed E-state index contributed by atoms with van der Waals surface area (Å²) in [5, 5.41) is 4.52. The summed E-state index contributed by atoms with van der Waals surface area (Å²) in [4.78, 5) is 27.9. The number of aromatic nitrogens is 2. The zero-order valence-electron chi connectivity index (χ0n) is 13.0. The second kappa shape index (κ2) is 6.67. The number of nitrogens with two attached hydrogens (primary N) is 1. The van der Waals surface area contributed by atoms with Crippen LogP contribution in [0.4, 0.5) is 0 Å². The highest BCUT2D eigenvalue weighted by atomic mass is 32.1. The first-order chi connectivity index (χ1) is 11.5. The van der Waals surface area contributed by atoms with Gasteiger partial charge in [0.05, 0.1) is 22.8 Å². The van der Waals surface area contributed by atoms with Gasteiger partial charge in [-0.3, -0.25) is 9.59 Å². The number of rotatable bonds is 5. The molecular formula is C17H16N4O2S. The fourth-order valence-corrected chi connectivity index (χ4v) is 3.10. The van der Waals surface area contributed by atoms with E-state index in [1.165, 1.54) is 17.4 Å². The van der Waals surface area contributed by atoms with Crippen molar-refractivity contribution in [2.45, 2.75) is 13.0 Å². The van der Waals surface area contributed by atoms with Crippen molar-refractivity contribution in [3.05, 3.63) is 70.4 Å². The molecule has 7 heteroatoms. The highest BCUT2D eigenvalue weighted by Crippen LogP contribution is 2.19. The summed E-state index contributed by atoms with van der Waals surface area (Å²) in [5.74, 6) is -0.764. The van der Waals surface area contributed by atoms with Crippen LogP contribution in [-0.2, 0) is 0 Å². The number of hydrogen-bond donors (Lipinski definition) is 2. The quantitative estimate of drug-likeness (QED) is 0.748. The molecule has 24 heavy (non-hydrogen) atoms. The topological polar surface area (TPSA) is 90.0 Å². The average Bonchev–Trinajstić information content (AvgIpc) is 3.26. The Morgan fingerprint density at radius 3 is 2.83 bits per heavy atom. The van der Waals surface area contributed by atoms with Crippen molar-refractivity contribution in [3.8, 4) is 5.69 Å². The molecule has 1 atom stereocenters. The molecule has 1 aromatic carbocycles. The molecular weight excluding hydrogens is 324 g/mol. The highest BCUT2D eigenvalue weighted by molar-refractivity contribution is 7.12. The second-order valence-corrected chi connectivity index (χ2v) is 6.24. The van der Waals surface area contributed by atoms with Gasteiger partial charge in [-0.25, -0.2) is 4.98 Å². The smallest absolute Gasteiger partial charge is 0.261 e. The molecule has 0 saturated carbocycles. The summed E-state index contributed by atoms with van der Waals surface area (Å²) in [7, 11) is 0. The fourth-order valence-electron chi connectivity index (χ4n) is 2.30. The molecule has 0 saturated heterocycles. The third-order valence-electron chi connectivity index (χ3n) is 3.63. The maximum atomic E-state index is 12.3. The van der Waals surface area contributed by atoms with Gasteiger partial charge in [-0.1, -0.05) is 12.1 Å². The number of hydrogen-bond acceptors (Lipinski definition) is 4. The first-order valence-electron chi connectivity index (χ1n) is 7.32. The molecule has 0 unspecified atom stereocenters. The van der Waals surface area contributed by atoms with E-state index in [9.17, 15) is 9.59 Å². The van der Waals surface area contributed by atoms with Gasteiger partial charge < -0.3 is 15.6 Å². The zero-order valence-corrected chi connectivity index (χ0v) is 13.8. The normalized spacial score (nSPS) is 11.9. The van der Waals surface area contributed by atoms with E-state index in [0.29, 0.717) is 10.4 Å². The first-order valence-corrected chi connectivity index (χ1v) is 8.20. The Bertz CT molecular complexity index is 870. The molecule has 0 aliphatic heterocycles. The van der Waals surface area contributed by atoms with Crippen molar-refractivity contribution in [3.63, 3.8) is 0 Å². The molecule has 3 rings (SSSR count). The molecule has 2 heterocycles. The van der Waals surface area contributed by atoms with Gasteiger partial charge >= 0.3 is 0 Å². The summed E-state index contributed by atoms with van der Waals surface area (Å²) in [6.07, 6.45) is 5.30. The number of nitrogens with one attached hydrogen (secondary N) is 1. The van der Waals surface area contributed by atoms with Crippen LogP contribution in [0.15, 0.2) is 54.4 Å². The number of amides is 2. The molecule has 0 radical (unpaired) electrons. The maximum Gasteiger partial charge on any atom is 0.261 e. The number of carbonyl (C=O) groups excluding carboxylic acids is 2. The Morgan fingerprint density at radius 1 is 1.33 bits per heavy atom. The number of carbonyl (C=O) groups is 2. The average molecular weight is 340 g/mol. The van der Waals surface area contributed by atoms with Crippen LogP contribution in [0.25, 0.3) is 5.69 Å². The maximum absolute atomic E-state index is 12.3. The third kappa shape index (κ3) is 3.36. The van der Waals surface area contributed by atoms with Crippen LogP contribution >= 0.6 is 11.3 Å². The summed E-state index contributed by atoms with van der Waals surface area (Å²) < 4.78 is 1.90. The summed E-state index contributed by atoms with van der Waals surface area (Å²) >= 11 is 1.20. The van der Waals surface area contributed by atoms with E-state index < -0.39 is 5.91 Å². The minimum absolute atomic E-state index is 0.180. The Labute approximate surface area is 142 Å². The van der Waals surface area contributed by atoms with Crippen LogP contribution in [0, 0.1) is 0 Å². The van der Waals surface area contributed by atoms with Crippen molar-refractivity contribution in [2.75, 3.05) is 0 Å². The van der Waals surface area contributed by atoms with Gasteiger partial charge in [0.1, 0.15) is 0 Å². The Hall–Kier alpha value is -2.93. The van der Waals surface area contributed by atoms with Gasteiger partial charge in [0, 0.05) is 23.5 Å². The standard InChI is InChI=1S/C17H16N4O2S/c1-11(20-17(23)15-8-13(9-24-15)16(18)22)12-3-2-4-14(7-12)21-6-5-19-10-21/h2-11H,1H3,(H2,18,22)(H,20,23)/t11-/m0/s1. The van der Waals surface area contributed by atoms with Gasteiger partial charge in [0.2, 0.25) is 5.91 Å². The lowest BCUT2D eigenvalue weighted by atomic mass is 10.1. The minimum atomic E-state index is -0.536. The number of benzene rings is 1. The van der Waals surface area contributed by atoms with E-state index in [4.69, 9.17) is 5.73 Å². The lowest BCUT2D eigenvalue weighted by Crippen LogP contribution is -2.26. The summed E-state index contributed by atoms with van der Waals surface area (Å²) in [6.45, 7) is 1.91. The molecule has 0 fully saturated rings. The molecule has 0 aliphatic carbocycles. The van der Waals surface area contributed by atoms with E-state index in [1.807, 2.05) is 42.0 Å². The summed E-state index contributed by atoms with van der Waals surface area (Å²) in [5.41, 5.74) is 7.50. The molecule has 3 N–H and O–H groups in total. The molecule has 0 aliphatic rings. The number of thiophene rings is 1. The molecule has 2 amide bonds. The summed E-state index contributed by atoms with van der Waals surface area (Å²) in [6, 6.07) is 9.18. The highest BCUT2D eigenvalue weighted by Gasteiger charge is 2.15. The molecule has 2 aromatic heterocycles. The first kappa shape index (κ1) is 15.9. The Kier molecular flexibility index (Phi) is 4.43.